The van der Waals surface area contributed by atoms with E-state index < -0.39 is 15.6 Å². The van der Waals surface area contributed by atoms with Crippen molar-refractivity contribution >= 4 is 21.3 Å². The first kappa shape index (κ1) is 15.1. The summed E-state index contributed by atoms with van der Waals surface area (Å²) in [6.45, 7) is 0. The number of hydrogen-bond donors (Lipinski definition) is 0. The normalized spacial score (nSPS) is 13.5. The molecule has 0 fully saturated rings. The van der Waals surface area contributed by atoms with Gasteiger partial charge in [-0.25, -0.2) is 9.19 Å². The maximum Gasteiger partial charge on any atom is 0.305 e. The maximum absolute atomic E-state index is 12.7. The van der Waals surface area contributed by atoms with Crippen LogP contribution < -0.4 is 4.74 Å². The first-order valence-corrected chi connectivity index (χ1v) is 8.48. The van der Waals surface area contributed by atoms with Gasteiger partial charge >= 0.3 is 5.91 Å². The lowest BCUT2D eigenvalue weighted by molar-refractivity contribution is 0.1000. The molecule has 118 valence electrons. The summed E-state index contributed by atoms with van der Waals surface area (Å²) in [7, 11) is -1.34. The number of carbonyl (C=O) groups excluding carboxylic acids is 1. The summed E-state index contributed by atoms with van der Waals surface area (Å²) < 4.78 is 23.1. The Bertz CT molecular complexity index is 987. The molecule has 1 amide bonds. The van der Waals surface area contributed by atoms with Gasteiger partial charge in [-0.2, -0.15) is 4.36 Å². The van der Waals surface area contributed by atoms with Crippen LogP contribution in [0.1, 0.15) is 10.5 Å². The van der Waals surface area contributed by atoms with E-state index in [1.54, 1.807) is 35.8 Å². The molecule has 0 bridgehead atoms. The van der Waals surface area contributed by atoms with E-state index in [2.05, 4.69) is 19.5 Å². The molecule has 0 aliphatic heterocycles. The van der Waals surface area contributed by atoms with Crippen LogP contribution in [0.5, 0.6) is 5.75 Å². The molecule has 0 N–H and O–H groups in total. The Morgan fingerprint density at radius 3 is 2.74 bits per heavy atom. The summed E-state index contributed by atoms with van der Waals surface area (Å²) in [4.78, 5) is 16.6. The van der Waals surface area contributed by atoms with E-state index in [0.29, 0.717) is 16.3 Å². The van der Waals surface area contributed by atoms with Gasteiger partial charge in [0, 0.05) is 17.3 Å². The summed E-state index contributed by atoms with van der Waals surface area (Å²) in [6, 6.07) is 6.57. The molecule has 0 radical (unpaired) electrons. The van der Waals surface area contributed by atoms with Crippen molar-refractivity contribution in [2.75, 3.05) is 13.4 Å². The van der Waals surface area contributed by atoms with Crippen molar-refractivity contribution < 1.29 is 13.7 Å². The van der Waals surface area contributed by atoms with Gasteiger partial charge in [-0.15, -0.1) is 10.2 Å². The predicted molar refractivity (Wildman–Crippen MR) is 82.9 cm³/mol. The average molecular weight is 331 g/mol. The Balaban J connectivity index is 1.96. The first-order valence-electron chi connectivity index (χ1n) is 6.55. The molecular formula is C14H13N5O3S. The van der Waals surface area contributed by atoms with Crippen molar-refractivity contribution in [1.82, 2.24) is 19.6 Å². The third kappa shape index (κ3) is 3.04. The highest BCUT2D eigenvalue weighted by Crippen LogP contribution is 2.17. The Morgan fingerprint density at radius 1 is 1.30 bits per heavy atom. The highest BCUT2D eigenvalue weighted by molar-refractivity contribution is 7.93. The number of methoxy groups -OCH3 is 1. The van der Waals surface area contributed by atoms with Crippen LogP contribution in [0.4, 0.5) is 0 Å². The number of benzene rings is 1. The van der Waals surface area contributed by atoms with Crippen LogP contribution in [-0.4, -0.2) is 43.1 Å². The van der Waals surface area contributed by atoms with Gasteiger partial charge in [-0.3, -0.25) is 9.20 Å². The number of nitrogens with zero attached hydrogens (tertiary/aromatic N) is 5. The second kappa shape index (κ2) is 5.76. The standard InChI is InChI=1S/C14H13N5O3S/c1-22-10-3-5-11(6-4-10)23(2,21)18-14(20)12-8-19-9-16-17-13(19)7-15-12/h3-9H,1-2H3. The molecule has 0 saturated carbocycles. The summed E-state index contributed by atoms with van der Waals surface area (Å²) in [5.74, 6) is -0.0288. The zero-order valence-corrected chi connectivity index (χ0v) is 13.2. The lowest BCUT2D eigenvalue weighted by Gasteiger charge is -2.05. The van der Waals surface area contributed by atoms with Crippen LogP contribution in [0, 0.1) is 0 Å². The Labute approximate surface area is 132 Å². The summed E-state index contributed by atoms with van der Waals surface area (Å²) >= 11 is 0. The van der Waals surface area contributed by atoms with Crippen LogP contribution in [0.3, 0.4) is 0 Å². The number of amides is 1. The molecule has 0 aliphatic carbocycles. The zero-order valence-electron chi connectivity index (χ0n) is 12.4. The summed E-state index contributed by atoms with van der Waals surface area (Å²) in [5.41, 5.74) is 0.578. The number of carbonyl (C=O) groups is 1. The van der Waals surface area contributed by atoms with Crippen LogP contribution in [0.25, 0.3) is 5.65 Å². The predicted octanol–water partition coefficient (Wildman–Crippen LogP) is 1.43. The molecule has 3 aromatic rings. The van der Waals surface area contributed by atoms with Crippen LogP contribution in [0.2, 0.25) is 0 Å². The van der Waals surface area contributed by atoms with Crippen molar-refractivity contribution in [3.05, 3.63) is 48.7 Å². The van der Waals surface area contributed by atoms with Crippen LogP contribution >= 0.6 is 0 Å². The van der Waals surface area contributed by atoms with Gasteiger partial charge in [0.1, 0.15) is 17.8 Å². The van der Waals surface area contributed by atoms with Gasteiger partial charge < -0.3 is 4.74 Å². The molecule has 9 heteroatoms. The number of rotatable bonds is 3. The molecule has 0 saturated heterocycles. The van der Waals surface area contributed by atoms with Crippen molar-refractivity contribution in [3.8, 4) is 5.75 Å². The van der Waals surface area contributed by atoms with Gasteiger partial charge in [0.25, 0.3) is 0 Å². The van der Waals surface area contributed by atoms with Gasteiger partial charge in [-0.1, -0.05) is 0 Å². The fraction of sp³-hybridized carbons (Fsp3) is 0.143. The maximum atomic E-state index is 12.7. The third-order valence-electron chi connectivity index (χ3n) is 3.15. The fourth-order valence-corrected chi connectivity index (χ4v) is 3.09. The largest absolute Gasteiger partial charge is 0.497 e. The molecule has 1 aromatic carbocycles. The molecular weight excluding hydrogens is 318 g/mol. The topological polar surface area (TPSA) is 98.8 Å². The molecule has 1 atom stereocenters. The number of hydrogen-bond acceptors (Lipinski definition) is 6. The second-order valence-electron chi connectivity index (χ2n) is 4.74. The molecule has 0 spiro atoms. The highest BCUT2D eigenvalue weighted by atomic mass is 32.2. The third-order valence-corrected chi connectivity index (χ3v) is 4.82. The quantitative estimate of drug-likeness (QED) is 0.720. The van der Waals surface area contributed by atoms with Gasteiger partial charge in [0.2, 0.25) is 0 Å². The number of fused-ring (bicyclic) bond motifs is 1. The molecule has 8 nitrogen and oxygen atoms in total. The number of aromatic nitrogens is 4. The van der Waals surface area contributed by atoms with E-state index >= 15 is 0 Å². The Hall–Kier alpha value is -2.81. The van der Waals surface area contributed by atoms with E-state index in [1.165, 1.54) is 25.0 Å². The van der Waals surface area contributed by atoms with Crippen molar-refractivity contribution in [3.63, 3.8) is 0 Å². The lowest BCUT2D eigenvalue weighted by atomic mass is 10.3. The minimum atomic E-state index is -2.88. The fourth-order valence-electron chi connectivity index (χ4n) is 1.93. The van der Waals surface area contributed by atoms with E-state index in [4.69, 9.17) is 4.74 Å². The average Bonchev–Trinajstić information content (AvgIpc) is 3.02. The van der Waals surface area contributed by atoms with Gasteiger partial charge in [0.15, 0.2) is 5.65 Å². The molecule has 0 aliphatic rings. The molecule has 2 aromatic heterocycles. The molecule has 3 rings (SSSR count). The molecule has 2 heterocycles. The van der Waals surface area contributed by atoms with E-state index in [9.17, 15) is 9.00 Å². The minimum Gasteiger partial charge on any atom is -0.497 e. The number of ether oxygens (including phenoxy) is 1. The zero-order chi connectivity index (χ0) is 16.4. The van der Waals surface area contributed by atoms with Crippen molar-refractivity contribution in [2.45, 2.75) is 4.90 Å². The summed E-state index contributed by atoms with van der Waals surface area (Å²) in [6.07, 6.45) is 5.70. The van der Waals surface area contributed by atoms with Crippen LogP contribution in [-0.2, 0) is 9.73 Å². The van der Waals surface area contributed by atoms with Crippen molar-refractivity contribution in [1.29, 1.82) is 0 Å². The molecule has 1 unspecified atom stereocenters. The minimum absolute atomic E-state index is 0.0698. The summed E-state index contributed by atoms with van der Waals surface area (Å²) in [5, 5.41) is 7.50. The van der Waals surface area contributed by atoms with E-state index in [-0.39, 0.29) is 5.69 Å². The SMILES string of the molecule is COc1ccc(S(C)(=O)=NC(=O)c2cn3cnnc3cn2)cc1. The second-order valence-corrected chi connectivity index (χ2v) is 7.00. The van der Waals surface area contributed by atoms with E-state index in [1.807, 2.05) is 0 Å². The highest BCUT2D eigenvalue weighted by Gasteiger charge is 2.13. The smallest absolute Gasteiger partial charge is 0.305 e. The van der Waals surface area contributed by atoms with Crippen molar-refractivity contribution in [2.24, 2.45) is 4.36 Å². The Kier molecular flexibility index (Phi) is 3.78. The molecule has 23 heavy (non-hydrogen) atoms. The van der Waals surface area contributed by atoms with Gasteiger partial charge in [0.05, 0.1) is 23.0 Å². The first-order chi connectivity index (χ1) is 11.0. The van der Waals surface area contributed by atoms with Crippen LogP contribution in [0.15, 0.2) is 52.2 Å². The Morgan fingerprint density at radius 2 is 2.04 bits per heavy atom. The monoisotopic (exact) mass is 331 g/mol. The van der Waals surface area contributed by atoms with E-state index in [0.717, 1.165) is 0 Å². The lowest BCUT2D eigenvalue weighted by Crippen LogP contribution is -2.06. The van der Waals surface area contributed by atoms with Gasteiger partial charge in [-0.05, 0) is 24.3 Å².